The zero-order valence-corrected chi connectivity index (χ0v) is 14.1. The van der Waals surface area contributed by atoms with E-state index in [1.165, 1.54) is 11.3 Å². The van der Waals surface area contributed by atoms with Crippen LogP contribution in [-0.2, 0) is 0 Å². The number of hydrogen-bond acceptors (Lipinski definition) is 3. The Labute approximate surface area is 146 Å². The Bertz CT molecular complexity index is 905. The summed E-state index contributed by atoms with van der Waals surface area (Å²) in [5, 5.41) is 11.2. The molecule has 0 saturated heterocycles. The molecule has 2 aromatic carbocycles. The first-order chi connectivity index (χ1) is 10.6. The fraction of sp³-hybridized carbons (Fsp3) is 0. The highest BCUT2D eigenvalue weighted by atomic mass is 35.5. The molecule has 0 N–H and O–H groups in total. The molecule has 0 amide bonds. The standard InChI is InChI=1S/C16H7Cl3N2S/c17-11-5-6-12(18)15(19)10(11)7-9(8-20)16-21-13-3-1-2-4-14(13)22-16/h1-7H. The van der Waals surface area contributed by atoms with E-state index < -0.39 is 0 Å². The van der Waals surface area contributed by atoms with E-state index in [1.807, 2.05) is 24.3 Å². The van der Waals surface area contributed by atoms with Crippen LogP contribution in [0.15, 0.2) is 36.4 Å². The molecule has 3 rings (SSSR count). The number of thiazole rings is 1. The van der Waals surface area contributed by atoms with Crippen LogP contribution in [0.25, 0.3) is 21.9 Å². The van der Waals surface area contributed by atoms with Crippen LogP contribution in [0, 0.1) is 11.3 Å². The van der Waals surface area contributed by atoms with Crippen molar-refractivity contribution in [2.75, 3.05) is 0 Å². The number of halogens is 3. The summed E-state index contributed by atoms with van der Waals surface area (Å²) in [5.74, 6) is 0. The lowest BCUT2D eigenvalue weighted by Crippen LogP contribution is -1.84. The molecule has 0 fully saturated rings. The van der Waals surface area contributed by atoms with Gasteiger partial charge in [-0.1, -0.05) is 46.9 Å². The average molecular weight is 366 g/mol. The summed E-state index contributed by atoms with van der Waals surface area (Å²) >= 11 is 19.8. The van der Waals surface area contributed by atoms with Gasteiger partial charge in [0.15, 0.2) is 0 Å². The maximum absolute atomic E-state index is 9.45. The number of rotatable bonds is 2. The van der Waals surface area contributed by atoms with Crippen LogP contribution < -0.4 is 0 Å². The predicted octanol–water partition coefficient (Wildman–Crippen LogP) is 6.32. The minimum Gasteiger partial charge on any atom is -0.235 e. The zero-order chi connectivity index (χ0) is 15.7. The van der Waals surface area contributed by atoms with Crippen LogP contribution in [0.3, 0.4) is 0 Å². The maximum Gasteiger partial charge on any atom is 0.135 e. The third-order valence-electron chi connectivity index (χ3n) is 3.01. The number of benzene rings is 2. The number of fused-ring (bicyclic) bond motifs is 1. The van der Waals surface area contributed by atoms with Gasteiger partial charge in [-0.15, -0.1) is 11.3 Å². The molecule has 0 unspecified atom stereocenters. The molecule has 1 aromatic heterocycles. The van der Waals surface area contributed by atoms with Crippen molar-refractivity contribution in [2.24, 2.45) is 0 Å². The van der Waals surface area contributed by atoms with Crippen LogP contribution in [0.4, 0.5) is 0 Å². The maximum atomic E-state index is 9.45. The Morgan fingerprint density at radius 2 is 1.82 bits per heavy atom. The molecule has 0 radical (unpaired) electrons. The molecular formula is C16H7Cl3N2S. The van der Waals surface area contributed by atoms with E-state index in [4.69, 9.17) is 34.8 Å². The summed E-state index contributed by atoms with van der Waals surface area (Å²) in [7, 11) is 0. The second kappa shape index (κ2) is 6.28. The van der Waals surface area contributed by atoms with Gasteiger partial charge in [0, 0.05) is 10.6 Å². The molecule has 0 atom stereocenters. The Hall–Kier alpha value is -1.57. The van der Waals surface area contributed by atoms with Gasteiger partial charge in [-0.3, -0.25) is 0 Å². The normalized spacial score (nSPS) is 11.6. The summed E-state index contributed by atoms with van der Waals surface area (Å²) in [6.45, 7) is 0. The van der Waals surface area contributed by atoms with E-state index in [-0.39, 0.29) is 0 Å². The fourth-order valence-electron chi connectivity index (χ4n) is 1.95. The summed E-state index contributed by atoms with van der Waals surface area (Å²) in [6.07, 6.45) is 1.62. The lowest BCUT2D eigenvalue weighted by Gasteiger charge is -2.04. The van der Waals surface area contributed by atoms with Crippen LogP contribution >= 0.6 is 46.1 Å². The van der Waals surface area contributed by atoms with Crippen molar-refractivity contribution in [1.29, 1.82) is 5.26 Å². The van der Waals surface area contributed by atoms with Crippen molar-refractivity contribution < 1.29 is 0 Å². The molecule has 0 aliphatic rings. The smallest absolute Gasteiger partial charge is 0.135 e. The van der Waals surface area contributed by atoms with Crippen molar-refractivity contribution in [3.8, 4) is 6.07 Å². The van der Waals surface area contributed by atoms with E-state index in [0.29, 0.717) is 31.2 Å². The number of aromatic nitrogens is 1. The molecule has 108 valence electrons. The highest BCUT2D eigenvalue weighted by Gasteiger charge is 2.12. The molecular weight excluding hydrogens is 359 g/mol. The van der Waals surface area contributed by atoms with Crippen molar-refractivity contribution in [1.82, 2.24) is 4.98 Å². The molecule has 0 spiro atoms. The first kappa shape index (κ1) is 15.3. The Morgan fingerprint density at radius 1 is 1.09 bits per heavy atom. The van der Waals surface area contributed by atoms with Crippen LogP contribution in [-0.4, -0.2) is 4.98 Å². The summed E-state index contributed by atoms with van der Waals surface area (Å²) < 4.78 is 1.02. The monoisotopic (exact) mass is 364 g/mol. The molecule has 6 heteroatoms. The van der Waals surface area contributed by atoms with Gasteiger partial charge < -0.3 is 0 Å². The number of allylic oxidation sites excluding steroid dienone is 1. The lowest BCUT2D eigenvalue weighted by atomic mass is 10.1. The molecule has 0 bridgehead atoms. The second-order valence-corrected chi connectivity index (χ2v) is 6.64. The lowest BCUT2D eigenvalue weighted by molar-refractivity contribution is 1.43. The van der Waals surface area contributed by atoms with Crippen molar-refractivity contribution in [2.45, 2.75) is 0 Å². The van der Waals surface area contributed by atoms with Gasteiger partial charge >= 0.3 is 0 Å². The van der Waals surface area contributed by atoms with E-state index in [1.54, 1.807) is 18.2 Å². The van der Waals surface area contributed by atoms with Crippen LogP contribution in [0.1, 0.15) is 10.6 Å². The van der Waals surface area contributed by atoms with E-state index in [9.17, 15) is 5.26 Å². The van der Waals surface area contributed by atoms with E-state index in [0.717, 1.165) is 10.2 Å². The predicted molar refractivity (Wildman–Crippen MR) is 94.6 cm³/mol. The minimum atomic E-state index is 0.322. The number of para-hydroxylation sites is 1. The molecule has 0 aliphatic carbocycles. The molecule has 2 nitrogen and oxygen atoms in total. The number of nitrogens with zero attached hydrogens (tertiary/aromatic N) is 2. The Morgan fingerprint density at radius 3 is 2.55 bits per heavy atom. The van der Waals surface area contributed by atoms with Gasteiger partial charge in [-0.2, -0.15) is 5.26 Å². The fourth-order valence-corrected chi connectivity index (χ4v) is 3.52. The van der Waals surface area contributed by atoms with E-state index in [2.05, 4.69) is 11.1 Å². The van der Waals surface area contributed by atoms with Crippen LogP contribution in [0.2, 0.25) is 15.1 Å². The Balaban J connectivity index is 2.16. The molecule has 1 heterocycles. The SMILES string of the molecule is N#CC(=Cc1c(Cl)ccc(Cl)c1Cl)c1nc2ccccc2s1. The first-order valence-corrected chi connectivity index (χ1v) is 8.16. The molecule has 0 aliphatic heterocycles. The van der Waals surface area contributed by atoms with Gasteiger partial charge in [-0.05, 0) is 30.3 Å². The van der Waals surface area contributed by atoms with Gasteiger partial charge in [0.25, 0.3) is 0 Å². The average Bonchev–Trinajstić information content (AvgIpc) is 2.95. The number of hydrogen-bond donors (Lipinski definition) is 0. The van der Waals surface area contributed by atoms with Gasteiger partial charge in [0.2, 0.25) is 0 Å². The molecule has 3 aromatic rings. The Kier molecular flexibility index (Phi) is 4.37. The van der Waals surface area contributed by atoms with Crippen molar-refractivity contribution >= 4 is 68.0 Å². The van der Waals surface area contributed by atoms with Crippen molar-refractivity contribution in [3.63, 3.8) is 0 Å². The summed E-state index contributed by atoms with van der Waals surface area (Å²) in [5.41, 5.74) is 1.77. The molecule has 22 heavy (non-hydrogen) atoms. The summed E-state index contributed by atoms with van der Waals surface area (Å²) in [6, 6.07) is 13.1. The highest BCUT2D eigenvalue weighted by molar-refractivity contribution is 7.19. The van der Waals surface area contributed by atoms with E-state index >= 15 is 0 Å². The van der Waals surface area contributed by atoms with Crippen LogP contribution in [0.5, 0.6) is 0 Å². The first-order valence-electron chi connectivity index (χ1n) is 6.21. The van der Waals surface area contributed by atoms with Crippen molar-refractivity contribution in [3.05, 3.63) is 62.0 Å². The minimum absolute atomic E-state index is 0.322. The molecule has 0 saturated carbocycles. The van der Waals surface area contributed by atoms with Gasteiger partial charge in [-0.25, -0.2) is 4.98 Å². The largest absolute Gasteiger partial charge is 0.235 e. The topological polar surface area (TPSA) is 36.7 Å². The number of nitriles is 1. The van der Waals surface area contributed by atoms with Gasteiger partial charge in [0.05, 0.1) is 25.8 Å². The third-order valence-corrected chi connectivity index (χ3v) is 5.23. The quantitative estimate of drug-likeness (QED) is 0.393. The third kappa shape index (κ3) is 2.84. The zero-order valence-electron chi connectivity index (χ0n) is 11.0. The highest BCUT2D eigenvalue weighted by Crippen LogP contribution is 2.35. The van der Waals surface area contributed by atoms with Gasteiger partial charge in [0.1, 0.15) is 11.1 Å². The second-order valence-electron chi connectivity index (χ2n) is 4.41. The summed E-state index contributed by atoms with van der Waals surface area (Å²) in [4.78, 5) is 4.47.